The molecule has 1 atom stereocenters. The lowest BCUT2D eigenvalue weighted by Crippen LogP contribution is -2.50. The van der Waals surface area contributed by atoms with Crippen LogP contribution >= 0.6 is 0 Å². The van der Waals surface area contributed by atoms with E-state index in [1.54, 1.807) is 66.9 Å². The van der Waals surface area contributed by atoms with Crippen LogP contribution in [0.5, 0.6) is 0 Å². The van der Waals surface area contributed by atoms with E-state index in [9.17, 15) is 19.2 Å². The van der Waals surface area contributed by atoms with Crippen molar-refractivity contribution in [3.63, 3.8) is 0 Å². The molecule has 38 heavy (non-hydrogen) atoms. The zero-order valence-electron chi connectivity index (χ0n) is 20.3. The Kier molecular flexibility index (Phi) is 7.04. The maximum absolute atomic E-state index is 13.6. The molecule has 0 aliphatic carbocycles. The summed E-state index contributed by atoms with van der Waals surface area (Å²) in [5, 5.41) is 5.72. The first kappa shape index (κ1) is 24.6. The zero-order chi connectivity index (χ0) is 26.5. The molecule has 4 amide bonds. The standard InChI is InChI=1S/C30H24N4O4/c35-27(22-12-8-16-31-18-22)33-25-15-7-4-11-21(25)19-32-28(36)26(17-20-9-2-1-3-10-20)34-29(37)23-13-5-6-14-24(23)30(34)38/h1-16,18,26H,17,19H2,(H,32,36)(H,33,35). The van der Waals surface area contributed by atoms with Crippen molar-refractivity contribution in [2.75, 3.05) is 5.32 Å². The Balaban J connectivity index is 1.36. The van der Waals surface area contributed by atoms with Gasteiger partial charge in [0.05, 0.1) is 16.7 Å². The molecule has 0 bridgehead atoms. The molecule has 2 N–H and O–H groups in total. The second-order valence-corrected chi connectivity index (χ2v) is 8.80. The molecular weight excluding hydrogens is 480 g/mol. The number of imide groups is 1. The predicted octanol–water partition coefficient (Wildman–Crippen LogP) is 3.86. The van der Waals surface area contributed by atoms with Crippen LogP contribution in [0.3, 0.4) is 0 Å². The SMILES string of the molecule is O=C(Nc1ccccc1CNC(=O)C(Cc1ccccc1)N1C(=O)c2ccccc2C1=O)c1cccnc1. The van der Waals surface area contributed by atoms with E-state index in [1.807, 2.05) is 30.3 Å². The van der Waals surface area contributed by atoms with E-state index in [1.165, 1.54) is 6.20 Å². The zero-order valence-corrected chi connectivity index (χ0v) is 20.3. The molecule has 188 valence electrons. The van der Waals surface area contributed by atoms with Crippen LogP contribution in [0.1, 0.15) is 42.2 Å². The molecule has 8 nitrogen and oxygen atoms in total. The van der Waals surface area contributed by atoms with E-state index in [0.717, 1.165) is 10.5 Å². The molecule has 0 fully saturated rings. The first-order valence-corrected chi connectivity index (χ1v) is 12.1. The highest BCUT2D eigenvalue weighted by atomic mass is 16.2. The van der Waals surface area contributed by atoms with Crippen molar-refractivity contribution in [1.82, 2.24) is 15.2 Å². The van der Waals surface area contributed by atoms with Gasteiger partial charge in [-0.2, -0.15) is 0 Å². The maximum atomic E-state index is 13.6. The number of carbonyl (C=O) groups is 4. The average Bonchev–Trinajstić information content (AvgIpc) is 3.21. The van der Waals surface area contributed by atoms with Crippen LogP contribution in [0.25, 0.3) is 0 Å². The fraction of sp³-hybridized carbons (Fsp3) is 0.100. The van der Waals surface area contributed by atoms with E-state index in [-0.39, 0.29) is 30.0 Å². The van der Waals surface area contributed by atoms with E-state index >= 15 is 0 Å². The van der Waals surface area contributed by atoms with Gasteiger partial charge in [0.15, 0.2) is 0 Å². The molecule has 2 heterocycles. The van der Waals surface area contributed by atoms with Crippen molar-refractivity contribution in [1.29, 1.82) is 0 Å². The number of anilines is 1. The molecule has 0 spiro atoms. The number of benzene rings is 3. The van der Waals surface area contributed by atoms with Crippen molar-refractivity contribution in [2.24, 2.45) is 0 Å². The molecular formula is C30H24N4O4. The van der Waals surface area contributed by atoms with Crippen LogP contribution in [-0.4, -0.2) is 39.6 Å². The lowest BCUT2D eigenvalue weighted by atomic mass is 10.0. The monoisotopic (exact) mass is 504 g/mol. The van der Waals surface area contributed by atoms with Crippen LogP contribution in [0.4, 0.5) is 5.69 Å². The summed E-state index contributed by atoms with van der Waals surface area (Å²) >= 11 is 0. The molecule has 1 aliphatic heterocycles. The molecule has 1 aliphatic rings. The summed E-state index contributed by atoms with van der Waals surface area (Å²) in [4.78, 5) is 57.6. The molecule has 1 aromatic heterocycles. The van der Waals surface area contributed by atoms with Gasteiger partial charge in [-0.05, 0) is 41.5 Å². The number of pyridine rings is 1. The van der Waals surface area contributed by atoms with Gasteiger partial charge in [0.1, 0.15) is 6.04 Å². The third-order valence-electron chi connectivity index (χ3n) is 6.35. The third kappa shape index (κ3) is 5.05. The Bertz CT molecular complexity index is 1470. The van der Waals surface area contributed by atoms with Gasteiger partial charge in [0, 0.05) is 31.0 Å². The van der Waals surface area contributed by atoms with Crippen molar-refractivity contribution >= 4 is 29.3 Å². The molecule has 3 aromatic carbocycles. The summed E-state index contributed by atoms with van der Waals surface area (Å²) in [7, 11) is 0. The fourth-order valence-electron chi connectivity index (χ4n) is 4.42. The lowest BCUT2D eigenvalue weighted by molar-refractivity contribution is -0.125. The topological polar surface area (TPSA) is 108 Å². The van der Waals surface area contributed by atoms with Crippen LogP contribution in [-0.2, 0) is 17.8 Å². The van der Waals surface area contributed by atoms with Gasteiger partial charge in [-0.3, -0.25) is 29.1 Å². The predicted molar refractivity (Wildman–Crippen MR) is 141 cm³/mol. The number of aromatic nitrogens is 1. The van der Waals surface area contributed by atoms with Crippen LogP contribution in [0, 0.1) is 0 Å². The summed E-state index contributed by atoms with van der Waals surface area (Å²) in [5.74, 6) is -1.79. The summed E-state index contributed by atoms with van der Waals surface area (Å²) < 4.78 is 0. The second-order valence-electron chi connectivity index (χ2n) is 8.80. The van der Waals surface area contributed by atoms with E-state index in [0.29, 0.717) is 16.8 Å². The number of nitrogens with one attached hydrogen (secondary N) is 2. The van der Waals surface area contributed by atoms with Gasteiger partial charge in [-0.1, -0.05) is 60.7 Å². The molecule has 0 saturated carbocycles. The Morgan fingerprint density at radius 2 is 1.45 bits per heavy atom. The summed E-state index contributed by atoms with van der Waals surface area (Å²) in [6.07, 6.45) is 3.22. The first-order chi connectivity index (χ1) is 18.5. The summed E-state index contributed by atoms with van der Waals surface area (Å²) in [6, 6.07) is 25.2. The number of hydrogen-bond acceptors (Lipinski definition) is 5. The number of amides is 4. The normalized spacial score (nSPS) is 13.1. The minimum absolute atomic E-state index is 0.0801. The Hall–Kier alpha value is -5.11. The van der Waals surface area contributed by atoms with E-state index < -0.39 is 23.8 Å². The van der Waals surface area contributed by atoms with Crippen molar-refractivity contribution < 1.29 is 19.2 Å². The molecule has 0 radical (unpaired) electrons. The molecule has 5 rings (SSSR count). The van der Waals surface area contributed by atoms with Crippen molar-refractivity contribution in [2.45, 2.75) is 19.0 Å². The van der Waals surface area contributed by atoms with Gasteiger partial charge in [-0.25, -0.2) is 0 Å². The Morgan fingerprint density at radius 3 is 2.13 bits per heavy atom. The molecule has 1 unspecified atom stereocenters. The summed E-state index contributed by atoms with van der Waals surface area (Å²) in [5.41, 5.74) is 2.98. The number of hydrogen-bond donors (Lipinski definition) is 2. The largest absolute Gasteiger partial charge is 0.350 e. The molecule has 4 aromatic rings. The lowest BCUT2D eigenvalue weighted by Gasteiger charge is -2.26. The van der Waals surface area contributed by atoms with Crippen LogP contribution < -0.4 is 10.6 Å². The minimum atomic E-state index is -1.05. The Morgan fingerprint density at radius 1 is 0.789 bits per heavy atom. The van der Waals surface area contributed by atoms with Gasteiger partial charge in [-0.15, -0.1) is 0 Å². The fourth-order valence-corrected chi connectivity index (χ4v) is 4.42. The average molecular weight is 505 g/mol. The van der Waals surface area contributed by atoms with Gasteiger partial charge >= 0.3 is 0 Å². The van der Waals surface area contributed by atoms with Crippen molar-refractivity contribution in [3.05, 3.63) is 131 Å². The van der Waals surface area contributed by atoms with E-state index in [2.05, 4.69) is 15.6 Å². The number of fused-ring (bicyclic) bond motifs is 1. The van der Waals surface area contributed by atoms with E-state index in [4.69, 9.17) is 0 Å². The number of carbonyl (C=O) groups excluding carboxylic acids is 4. The highest BCUT2D eigenvalue weighted by Crippen LogP contribution is 2.26. The van der Waals surface area contributed by atoms with Crippen LogP contribution in [0.15, 0.2) is 103 Å². The number of para-hydroxylation sites is 1. The van der Waals surface area contributed by atoms with Gasteiger partial charge in [0.2, 0.25) is 5.91 Å². The molecule has 0 saturated heterocycles. The van der Waals surface area contributed by atoms with Crippen LogP contribution in [0.2, 0.25) is 0 Å². The highest BCUT2D eigenvalue weighted by Gasteiger charge is 2.42. The quantitative estimate of drug-likeness (QED) is 0.354. The van der Waals surface area contributed by atoms with Crippen molar-refractivity contribution in [3.8, 4) is 0 Å². The highest BCUT2D eigenvalue weighted by molar-refractivity contribution is 6.22. The number of rotatable bonds is 8. The smallest absolute Gasteiger partial charge is 0.262 e. The second kappa shape index (κ2) is 10.9. The van der Waals surface area contributed by atoms with Gasteiger partial charge in [0.25, 0.3) is 17.7 Å². The maximum Gasteiger partial charge on any atom is 0.262 e. The minimum Gasteiger partial charge on any atom is -0.350 e. The van der Waals surface area contributed by atoms with Gasteiger partial charge < -0.3 is 10.6 Å². The number of nitrogens with zero attached hydrogens (tertiary/aromatic N) is 2. The first-order valence-electron chi connectivity index (χ1n) is 12.1. The molecule has 8 heteroatoms. The third-order valence-corrected chi connectivity index (χ3v) is 6.35. The summed E-state index contributed by atoms with van der Waals surface area (Å²) in [6.45, 7) is 0.0801. The Labute approximate surface area is 219 Å².